The number of fused-ring (bicyclic) bond motifs is 1. The van der Waals surface area contributed by atoms with Gasteiger partial charge in [-0.1, -0.05) is 13.0 Å². The van der Waals surface area contributed by atoms with Crippen LogP contribution in [0.2, 0.25) is 0 Å². The van der Waals surface area contributed by atoms with Crippen molar-refractivity contribution >= 4 is 5.91 Å². The molecule has 1 aromatic carbocycles. The molecule has 2 aromatic rings. The highest BCUT2D eigenvalue weighted by atomic mass is 16.5. The van der Waals surface area contributed by atoms with Crippen molar-refractivity contribution in [2.45, 2.75) is 26.3 Å². The van der Waals surface area contributed by atoms with E-state index in [1.165, 1.54) is 0 Å². The SMILES string of the molecule is CCCOc1ncccc1CNC(=O)c1ccc2c(c1)CCO2. The zero-order valence-electron chi connectivity index (χ0n) is 13.2. The van der Waals surface area contributed by atoms with Gasteiger partial charge in [0, 0.05) is 30.3 Å². The quantitative estimate of drug-likeness (QED) is 0.891. The second-order valence-corrected chi connectivity index (χ2v) is 5.42. The number of aromatic nitrogens is 1. The Morgan fingerprint density at radius 2 is 2.30 bits per heavy atom. The maximum absolute atomic E-state index is 12.3. The van der Waals surface area contributed by atoms with Crippen LogP contribution < -0.4 is 14.8 Å². The molecule has 1 aliphatic rings. The number of carbonyl (C=O) groups is 1. The molecule has 0 aliphatic carbocycles. The third-order valence-corrected chi connectivity index (χ3v) is 3.68. The van der Waals surface area contributed by atoms with Crippen LogP contribution in [0.15, 0.2) is 36.5 Å². The summed E-state index contributed by atoms with van der Waals surface area (Å²) in [7, 11) is 0. The Kier molecular flexibility index (Phi) is 4.76. The minimum atomic E-state index is -0.106. The van der Waals surface area contributed by atoms with Crippen molar-refractivity contribution in [2.24, 2.45) is 0 Å². The first-order valence-corrected chi connectivity index (χ1v) is 7.88. The number of benzene rings is 1. The summed E-state index contributed by atoms with van der Waals surface area (Å²) >= 11 is 0. The number of nitrogens with one attached hydrogen (secondary N) is 1. The van der Waals surface area contributed by atoms with E-state index in [1.807, 2.05) is 31.2 Å². The van der Waals surface area contributed by atoms with Crippen LogP contribution >= 0.6 is 0 Å². The zero-order valence-corrected chi connectivity index (χ0v) is 13.2. The maximum atomic E-state index is 12.3. The molecule has 5 heteroatoms. The third kappa shape index (κ3) is 3.62. The molecule has 0 saturated carbocycles. The monoisotopic (exact) mass is 312 g/mol. The lowest BCUT2D eigenvalue weighted by Crippen LogP contribution is -2.23. The first kappa shape index (κ1) is 15.3. The molecule has 3 rings (SSSR count). The van der Waals surface area contributed by atoms with Crippen molar-refractivity contribution in [1.29, 1.82) is 0 Å². The van der Waals surface area contributed by atoms with Crippen molar-refractivity contribution in [3.63, 3.8) is 0 Å². The molecular weight excluding hydrogens is 292 g/mol. The lowest BCUT2D eigenvalue weighted by Gasteiger charge is -2.11. The van der Waals surface area contributed by atoms with E-state index in [4.69, 9.17) is 9.47 Å². The van der Waals surface area contributed by atoms with Crippen molar-refractivity contribution < 1.29 is 14.3 Å². The van der Waals surface area contributed by atoms with Gasteiger partial charge < -0.3 is 14.8 Å². The number of nitrogens with zero attached hydrogens (tertiary/aromatic N) is 1. The van der Waals surface area contributed by atoms with E-state index in [9.17, 15) is 4.79 Å². The van der Waals surface area contributed by atoms with Crippen molar-refractivity contribution in [1.82, 2.24) is 10.3 Å². The summed E-state index contributed by atoms with van der Waals surface area (Å²) in [5, 5.41) is 2.92. The maximum Gasteiger partial charge on any atom is 0.251 e. The number of carbonyl (C=O) groups excluding carboxylic acids is 1. The van der Waals surface area contributed by atoms with Crippen molar-refractivity contribution in [2.75, 3.05) is 13.2 Å². The molecule has 1 amide bonds. The summed E-state index contributed by atoms with van der Waals surface area (Å²) < 4.78 is 11.1. The predicted octanol–water partition coefficient (Wildman–Crippen LogP) is 2.74. The lowest BCUT2D eigenvalue weighted by molar-refractivity contribution is 0.0950. The number of amides is 1. The van der Waals surface area contributed by atoms with Gasteiger partial charge in [-0.15, -0.1) is 0 Å². The number of hydrogen-bond acceptors (Lipinski definition) is 4. The van der Waals surface area contributed by atoms with Crippen LogP contribution in [0, 0.1) is 0 Å². The summed E-state index contributed by atoms with van der Waals surface area (Å²) in [5.41, 5.74) is 2.61. The molecule has 0 radical (unpaired) electrons. The highest BCUT2D eigenvalue weighted by molar-refractivity contribution is 5.94. The molecule has 0 spiro atoms. The van der Waals surface area contributed by atoms with Crippen molar-refractivity contribution in [3.05, 3.63) is 53.2 Å². The van der Waals surface area contributed by atoms with Crippen LogP contribution in [0.3, 0.4) is 0 Å². The summed E-state index contributed by atoms with van der Waals surface area (Å²) in [6.45, 7) is 3.73. The molecule has 1 aromatic heterocycles. The largest absolute Gasteiger partial charge is 0.493 e. The van der Waals surface area contributed by atoms with Crippen LogP contribution in [-0.4, -0.2) is 24.1 Å². The fourth-order valence-corrected chi connectivity index (χ4v) is 2.49. The van der Waals surface area contributed by atoms with E-state index in [2.05, 4.69) is 10.3 Å². The zero-order chi connectivity index (χ0) is 16.1. The van der Waals surface area contributed by atoms with Gasteiger partial charge in [-0.2, -0.15) is 0 Å². The minimum Gasteiger partial charge on any atom is -0.493 e. The Morgan fingerprint density at radius 1 is 1.39 bits per heavy atom. The van der Waals surface area contributed by atoms with E-state index in [-0.39, 0.29) is 5.91 Å². The van der Waals surface area contributed by atoms with Crippen LogP contribution in [0.5, 0.6) is 11.6 Å². The van der Waals surface area contributed by atoms with Gasteiger partial charge in [-0.05, 0) is 36.2 Å². The molecule has 2 heterocycles. The topological polar surface area (TPSA) is 60.5 Å². The molecule has 120 valence electrons. The average molecular weight is 312 g/mol. The second kappa shape index (κ2) is 7.13. The molecule has 0 saturated heterocycles. The highest BCUT2D eigenvalue weighted by Gasteiger charge is 2.15. The summed E-state index contributed by atoms with van der Waals surface area (Å²) in [6, 6.07) is 9.30. The van der Waals surface area contributed by atoms with Crippen LogP contribution in [0.4, 0.5) is 0 Å². The molecule has 0 unspecified atom stereocenters. The first-order chi connectivity index (χ1) is 11.3. The van der Waals surface area contributed by atoms with Gasteiger partial charge in [0.05, 0.1) is 13.2 Å². The number of ether oxygens (including phenoxy) is 2. The fourth-order valence-electron chi connectivity index (χ4n) is 2.49. The van der Waals surface area contributed by atoms with Gasteiger partial charge >= 0.3 is 0 Å². The van der Waals surface area contributed by atoms with E-state index in [0.717, 1.165) is 29.7 Å². The summed E-state index contributed by atoms with van der Waals surface area (Å²) in [6.07, 6.45) is 3.46. The number of rotatable bonds is 6. The highest BCUT2D eigenvalue weighted by Crippen LogP contribution is 2.25. The Hall–Kier alpha value is -2.56. The standard InChI is InChI=1S/C18H20N2O3/c1-2-9-23-18-15(4-3-8-19-18)12-20-17(21)14-5-6-16-13(11-14)7-10-22-16/h3-6,8,11H,2,7,9-10,12H2,1H3,(H,20,21). The molecule has 0 bridgehead atoms. The van der Waals surface area contributed by atoms with E-state index in [0.29, 0.717) is 31.2 Å². The molecule has 0 fully saturated rings. The minimum absolute atomic E-state index is 0.106. The molecule has 5 nitrogen and oxygen atoms in total. The van der Waals surface area contributed by atoms with Crippen LogP contribution in [0.25, 0.3) is 0 Å². The van der Waals surface area contributed by atoms with Gasteiger partial charge in [0.1, 0.15) is 5.75 Å². The molecule has 23 heavy (non-hydrogen) atoms. The Bertz CT molecular complexity index is 700. The fraction of sp³-hybridized carbons (Fsp3) is 0.333. The normalized spacial score (nSPS) is 12.4. The first-order valence-electron chi connectivity index (χ1n) is 7.88. The molecular formula is C18H20N2O3. The molecule has 0 atom stereocenters. The predicted molar refractivity (Wildman–Crippen MR) is 86.8 cm³/mol. The van der Waals surface area contributed by atoms with E-state index < -0.39 is 0 Å². The lowest BCUT2D eigenvalue weighted by atomic mass is 10.1. The molecule has 1 aliphatic heterocycles. The Balaban J connectivity index is 1.65. The Morgan fingerprint density at radius 3 is 3.17 bits per heavy atom. The Labute approximate surface area is 135 Å². The van der Waals surface area contributed by atoms with Crippen LogP contribution in [0.1, 0.15) is 34.8 Å². The van der Waals surface area contributed by atoms with Crippen LogP contribution in [-0.2, 0) is 13.0 Å². The van der Waals surface area contributed by atoms with Gasteiger partial charge in [0.2, 0.25) is 5.88 Å². The summed E-state index contributed by atoms with van der Waals surface area (Å²) in [4.78, 5) is 16.6. The number of pyridine rings is 1. The van der Waals surface area contributed by atoms with E-state index >= 15 is 0 Å². The second-order valence-electron chi connectivity index (χ2n) is 5.42. The average Bonchev–Trinajstić information content (AvgIpc) is 3.06. The number of hydrogen-bond donors (Lipinski definition) is 1. The summed E-state index contributed by atoms with van der Waals surface area (Å²) in [5.74, 6) is 1.35. The van der Waals surface area contributed by atoms with E-state index in [1.54, 1.807) is 12.3 Å². The smallest absolute Gasteiger partial charge is 0.251 e. The van der Waals surface area contributed by atoms with Gasteiger partial charge in [0.25, 0.3) is 5.91 Å². The third-order valence-electron chi connectivity index (χ3n) is 3.68. The van der Waals surface area contributed by atoms with Gasteiger partial charge in [-0.25, -0.2) is 4.98 Å². The van der Waals surface area contributed by atoms with Gasteiger partial charge in [-0.3, -0.25) is 4.79 Å². The van der Waals surface area contributed by atoms with Gasteiger partial charge in [0.15, 0.2) is 0 Å². The van der Waals surface area contributed by atoms with Crippen molar-refractivity contribution in [3.8, 4) is 11.6 Å². The molecule has 1 N–H and O–H groups in total.